The summed E-state index contributed by atoms with van der Waals surface area (Å²) in [4.78, 5) is 0. The Balaban J connectivity index is 1.91. The van der Waals surface area contributed by atoms with Crippen LogP contribution in [0.15, 0.2) is 60.2 Å². The molecule has 0 N–H and O–H groups in total. The van der Waals surface area contributed by atoms with Crippen molar-refractivity contribution in [1.29, 1.82) is 0 Å². The first-order valence-electron chi connectivity index (χ1n) is 8.00. The Morgan fingerprint density at radius 1 is 0.955 bits per heavy atom. The van der Waals surface area contributed by atoms with Crippen LogP contribution in [0.3, 0.4) is 0 Å². The monoisotopic (exact) mass is 291 g/mol. The van der Waals surface area contributed by atoms with Gasteiger partial charge in [0, 0.05) is 17.7 Å². The summed E-state index contributed by atoms with van der Waals surface area (Å²) in [6, 6.07) is 18.0. The molecule has 1 unspecified atom stereocenters. The topological polar surface area (TPSA) is 29.1 Å². The summed E-state index contributed by atoms with van der Waals surface area (Å²) in [7, 11) is 0. The van der Waals surface area contributed by atoms with Crippen LogP contribution < -0.4 is 0 Å². The fraction of sp³-hybridized carbons (Fsp3) is 0.300. The van der Waals surface area contributed by atoms with Gasteiger partial charge in [-0.2, -0.15) is 0 Å². The molecule has 1 spiro atoms. The van der Waals surface area contributed by atoms with Gasteiger partial charge in [0.05, 0.1) is 0 Å². The van der Waals surface area contributed by atoms with Gasteiger partial charge in [-0.15, -0.1) is 0 Å². The quantitative estimate of drug-likeness (QED) is 0.712. The molecule has 0 aromatic heterocycles. The van der Waals surface area contributed by atoms with Gasteiger partial charge in [-0.25, -0.2) is 0 Å². The van der Waals surface area contributed by atoms with Crippen LogP contribution in [0.4, 0.5) is 0 Å². The van der Waals surface area contributed by atoms with Gasteiger partial charge < -0.3 is 4.74 Å². The Bertz CT molecular complexity index is 709. The van der Waals surface area contributed by atoms with Gasteiger partial charge in [0.1, 0.15) is 5.60 Å². The summed E-state index contributed by atoms with van der Waals surface area (Å²) >= 11 is 0. The van der Waals surface area contributed by atoms with Gasteiger partial charge in [-0.3, -0.25) is 5.11 Å². The standard InChI is InChI=1S/C20H19O2/c21-19(16-8-2-1-3-9-16)18-12-11-15-7-4-5-10-17(15)20(18)13-6-14-22-20/h1-5,7-10H,6,11-14H2. The van der Waals surface area contributed by atoms with Crippen molar-refractivity contribution in [2.75, 3.05) is 6.61 Å². The summed E-state index contributed by atoms with van der Waals surface area (Å²) in [5, 5.41) is 13.1. The molecule has 1 saturated heterocycles. The van der Waals surface area contributed by atoms with Gasteiger partial charge in [0.2, 0.25) is 0 Å². The number of hydrogen-bond acceptors (Lipinski definition) is 1. The lowest BCUT2D eigenvalue weighted by Crippen LogP contribution is -2.33. The van der Waals surface area contributed by atoms with E-state index in [2.05, 4.69) is 24.3 Å². The van der Waals surface area contributed by atoms with Crippen LogP contribution in [0.5, 0.6) is 0 Å². The molecule has 22 heavy (non-hydrogen) atoms. The van der Waals surface area contributed by atoms with E-state index in [9.17, 15) is 5.11 Å². The molecule has 1 radical (unpaired) electrons. The van der Waals surface area contributed by atoms with E-state index >= 15 is 0 Å². The number of rotatable bonds is 1. The van der Waals surface area contributed by atoms with Gasteiger partial charge in [-0.05, 0) is 36.8 Å². The first kappa shape index (κ1) is 13.6. The highest BCUT2D eigenvalue weighted by atomic mass is 16.5. The summed E-state index contributed by atoms with van der Waals surface area (Å²) in [6.07, 6.45) is 3.65. The molecule has 1 aliphatic heterocycles. The maximum Gasteiger partial charge on any atom is 0.188 e. The zero-order valence-electron chi connectivity index (χ0n) is 12.5. The largest absolute Gasteiger partial charge is 0.366 e. The minimum absolute atomic E-state index is 0.150. The molecular weight excluding hydrogens is 272 g/mol. The first-order valence-corrected chi connectivity index (χ1v) is 8.00. The lowest BCUT2D eigenvalue weighted by atomic mass is 9.73. The minimum atomic E-state index is -0.484. The maximum absolute atomic E-state index is 13.1. The molecule has 1 fully saturated rings. The molecule has 1 atom stereocenters. The van der Waals surface area contributed by atoms with E-state index in [0.717, 1.165) is 43.4 Å². The predicted octanol–water partition coefficient (Wildman–Crippen LogP) is 4.48. The molecule has 0 bridgehead atoms. The molecule has 0 saturated carbocycles. The maximum atomic E-state index is 13.1. The fourth-order valence-electron chi connectivity index (χ4n) is 3.91. The molecule has 1 heterocycles. The third-order valence-corrected chi connectivity index (χ3v) is 4.92. The average Bonchev–Trinajstić information content (AvgIpc) is 3.06. The third-order valence-electron chi connectivity index (χ3n) is 4.92. The van der Waals surface area contributed by atoms with E-state index in [-0.39, 0.29) is 5.76 Å². The second-order valence-corrected chi connectivity index (χ2v) is 6.11. The third kappa shape index (κ3) is 1.98. The summed E-state index contributed by atoms with van der Waals surface area (Å²) in [5.41, 5.74) is 3.76. The Hall–Kier alpha value is -2.06. The normalized spacial score (nSPS) is 26.0. The minimum Gasteiger partial charge on any atom is -0.366 e. The second-order valence-electron chi connectivity index (χ2n) is 6.11. The van der Waals surface area contributed by atoms with Crippen molar-refractivity contribution in [3.63, 3.8) is 0 Å². The van der Waals surface area contributed by atoms with E-state index < -0.39 is 5.60 Å². The van der Waals surface area contributed by atoms with Crippen molar-refractivity contribution in [3.05, 3.63) is 76.9 Å². The van der Waals surface area contributed by atoms with Gasteiger partial charge in [0.25, 0.3) is 0 Å². The molecule has 0 amide bonds. The average molecular weight is 291 g/mol. The number of hydrogen-bond donors (Lipinski definition) is 0. The molecular formula is C20H19O2. The smallest absolute Gasteiger partial charge is 0.188 e. The van der Waals surface area contributed by atoms with Crippen LogP contribution in [0.25, 0.3) is 5.76 Å². The van der Waals surface area contributed by atoms with Crippen LogP contribution in [0.1, 0.15) is 36.0 Å². The van der Waals surface area contributed by atoms with Crippen molar-refractivity contribution < 1.29 is 9.84 Å². The van der Waals surface area contributed by atoms with E-state index in [1.807, 2.05) is 30.3 Å². The number of fused-ring (bicyclic) bond motifs is 2. The number of ether oxygens (including phenoxy) is 1. The molecule has 2 aliphatic rings. The zero-order chi connectivity index (χ0) is 15.0. The summed E-state index contributed by atoms with van der Waals surface area (Å²) in [5.74, 6) is 0.150. The van der Waals surface area contributed by atoms with Crippen LogP contribution >= 0.6 is 0 Å². The highest BCUT2D eigenvalue weighted by Gasteiger charge is 2.46. The number of aryl methyl sites for hydroxylation is 1. The van der Waals surface area contributed by atoms with Crippen LogP contribution in [0, 0.1) is 0 Å². The van der Waals surface area contributed by atoms with Crippen molar-refractivity contribution in [1.82, 2.24) is 0 Å². The van der Waals surface area contributed by atoms with Gasteiger partial charge in [0.15, 0.2) is 5.76 Å². The molecule has 111 valence electrons. The Morgan fingerprint density at radius 2 is 1.73 bits per heavy atom. The van der Waals surface area contributed by atoms with Crippen molar-refractivity contribution >= 4 is 5.76 Å². The van der Waals surface area contributed by atoms with Crippen LogP contribution in [-0.4, -0.2) is 6.61 Å². The van der Waals surface area contributed by atoms with Gasteiger partial charge in [-0.1, -0.05) is 54.6 Å². The lowest BCUT2D eigenvalue weighted by molar-refractivity contribution is 0.0240. The van der Waals surface area contributed by atoms with Crippen molar-refractivity contribution in [3.8, 4) is 0 Å². The molecule has 2 nitrogen and oxygen atoms in total. The molecule has 1 aliphatic carbocycles. The van der Waals surface area contributed by atoms with Crippen LogP contribution in [-0.2, 0) is 21.9 Å². The number of benzene rings is 2. The Kier molecular flexibility index (Phi) is 3.27. The fourth-order valence-corrected chi connectivity index (χ4v) is 3.91. The molecule has 4 rings (SSSR count). The Morgan fingerprint density at radius 3 is 2.50 bits per heavy atom. The van der Waals surface area contributed by atoms with Crippen LogP contribution in [0.2, 0.25) is 0 Å². The predicted molar refractivity (Wildman–Crippen MR) is 85.7 cm³/mol. The zero-order valence-corrected chi connectivity index (χ0v) is 12.5. The second kappa shape index (κ2) is 5.29. The molecule has 2 aromatic carbocycles. The molecule has 2 heteroatoms. The highest BCUT2D eigenvalue weighted by molar-refractivity contribution is 5.66. The van der Waals surface area contributed by atoms with E-state index in [1.165, 1.54) is 11.1 Å². The summed E-state index contributed by atoms with van der Waals surface area (Å²) in [6.45, 7) is 0.736. The molecule has 2 aromatic rings. The highest BCUT2D eigenvalue weighted by Crippen LogP contribution is 2.50. The Labute approximate surface area is 131 Å². The lowest BCUT2D eigenvalue weighted by Gasteiger charge is -2.37. The van der Waals surface area contributed by atoms with E-state index in [0.29, 0.717) is 0 Å². The van der Waals surface area contributed by atoms with E-state index in [1.54, 1.807) is 0 Å². The summed E-state index contributed by atoms with van der Waals surface area (Å²) < 4.78 is 6.21. The van der Waals surface area contributed by atoms with E-state index in [4.69, 9.17) is 4.74 Å². The SMILES string of the molecule is [O]C(=C1CCc2ccccc2C12CCCO2)c1ccccc1. The van der Waals surface area contributed by atoms with Gasteiger partial charge >= 0.3 is 0 Å². The first-order chi connectivity index (χ1) is 10.8. The van der Waals surface area contributed by atoms with Crippen molar-refractivity contribution in [2.45, 2.75) is 31.3 Å². The van der Waals surface area contributed by atoms with Crippen molar-refractivity contribution in [2.24, 2.45) is 0 Å².